The van der Waals surface area contributed by atoms with Gasteiger partial charge in [-0.25, -0.2) is 0 Å². The molecule has 2 amide bonds. The lowest BCUT2D eigenvalue weighted by atomic mass is 10.0. The predicted molar refractivity (Wildman–Crippen MR) is 128 cm³/mol. The number of carbonyl (C=O) groups excluding carboxylic acids is 2. The van der Waals surface area contributed by atoms with Gasteiger partial charge in [-0.1, -0.05) is 6.07 Å². The van der Waals surface area contributed by atoms with Crippen LogP contribution in [0, 0.1) is 0 Å². The molecule has 0 aliphatic carbocycles. The number of rotatable bonds is 9. The molecule has 1 aromatic carbocycles. The Kier molecular flexibility index (Phi) is 7.67. The largest absolute Gasteiger partial charge is 0.481 e. The summed E-state index contributed by atoms with van der Waals surface area (Å²) in [6, 6.07) is 4.31. The Morgan fingerprint density at radius 3 is 2.34 bits per heavy atom. The maximum absolute atomic E-state index is 12.5. The standard InChI is InChI=1S/C24H31N5O6/c30-20(5-6-22(32)33)26-16-3-4-17-18(14-25-19(17)13-16)23(24(34)35)29-11-9-27(10-12-29)15-21(31)28-7-1-2-8-28/h3-4,13-14,23,25H,1-2,5-12,15H2,(H,26,30)(H,32,33)(H,34,35). The second kappa shape index (κ2) is 10.9. The number of aromatic nitrogens is 1. The molecule has 2 aromatic rings. The lowest BCUT2D eigenvalue weighted by molar-refractivity contribution is -0.145. The molecular weight excluding hydrogens is 454 g/mol. The number of carboxylic acid groups (broad SMARTS) is 2. The minimum absolute atomic E-state index is 0.125. The molecule has 188 valence electrons. The van der Waals surface area contributed by atoms with E-state index >= 15 is 0 Å². The number of aliphatic carboxylic acids is 2. The molecule has 0 spiro atoms. The van der Waals surface area contributed by atoms with Gasteiger partial charge < -0.3 is 25.4 Å². The second-order valence-corrected chi connectivity index (χ2v) is 9.09. The van der Waals surface area contributed by atoms with Crippen molar-refractivity contribution in [1.82, 2.24) is 19.7 Å². The topological polar surface area (TPSA) is 146 Å². The van der Waals surface area contributed by atoms with Gasteiger partial charge in [-0.05, 0) is 25.0 Å². The lowest BCUT2D eigenvalue weighted by Gasteiger charge is -2.37. The smallest absolute Gasteiger partial charge is 0.325 e. The van der Waals surface area contributed by atoms with E-state index < -0.39 is 23.9 Å². The molecule has 0 bridgehead atoms. The summed E-state index contributed by atoms with van der Waals surface area (Å²) in [5.41, 5.74) is 1.82. The summed E-state index contributed by atoms with van der Waals surface area (Å²) in [6.07, 6.45) is 3.43. The van der Waals surface area contributed by atoms with Gasteiger partial charge in [-0.3, -0.25) is 29.0 Å². The van der Waals surface area contributed by atoms with Gasteiger partial charge >= 0.3 is 11.9 Å². The van der Waals surface area contributed by atoms with Crippen LogP contribution in [-0.4, -0.2) is 99.5 Å². The second-order valence-electron chi connectivity index (χ2n) is 9.09. The Bertz CT molecular complexity index is 1100. The maximum atomic E-state index is 12.5. The van der Waals surface area contributed by atoms with Crippen LogP contribution < -0.4 is 5.32 Å². The normalized spacial score (nSPS) is 18.0. The van der Waals surface area contributed by atoms with E-state index in [0.717, 1.165) is 31.3 Å². The van der Waals surface area contributed by atoms with E-state index in [1.54, 1.807) is 24.4 Å². The number of H-pyrrole nitrogens is 1. The number of piperazine rings is 1. The number of hydrogen-bond donors (Lipinski definition) is 4. The average molecular weight is 486 g/mol. The van der Waals surface area contributed by atoms with Crippen molar-refractivity contribution in [2.45, 2.75) is 31.7 Å². The van der Waals surface area contributed by atoms with Crippen LogP contribution in [-0.2, 0) is 19.2 Å². The van der Waals surface area contributed by atoms with Gasteiger partial charge in [0, 0.05) is 74.0 Å². The monoisotopic (exact) mass is 485 g/mol. The molecule has 1 unspecified atom stereocenters. The summed E-state index contributed by atoms with van der Waals surface area (Å²) < 4.78 is 0. The van der Waals surface area contributed by atoms with Gasteiger partial charge in [0.2, 0.25) is 11.8 Å². The zero-order valence-electron chi connectivity index (χ0n) is 19.5. The van der Waals surface area contributed by atoms with Crippen LogP contribution in [0.4, 0.5) is 5.69 Å². The number of aromatic amines is 1. The number of likely N-dealkylation sites (tertiary alicyclic amines) is 1. The molecule has 1 aromatic heterocycles. The third kappa shape index (κ3) is 5.98. The molecule has 11 nitrogen and oxygen atoms in total. The van der Waals surface area contributed by atoms with Crippen molar-refractivity contribution in [3.63, 3.8) is 0 Å². The lowest BCUT2D eigenvalue weighted by Crippen LogP contribution is -2.51. The Morgan fingerprint density at radius 2 is 1.69 bits per heavy atom. The summed E-state index contributed by atoms with van der Waals surface area (Å²) >= 11 is 0. The van der Waals surface area contributed by atoms with Crippen LogP contribution in [0.3, 0.4) is 0 Å². The minimum Gasteiger partial charge on any atom is -0.481 e. The molecule has 2 aliphatic heterocycles. The molecule has 4 N–H and O–H groups in total. The van der Waals surface area contributed by atoms with Crippen LogP contribution in [0.25, 0.3) is 10.9 Å². The van der Waals surface area contributed by atoms with E-state index in [9.17, 15) is 24.3 Å². The predicted octanol–water partition coefficient (Wildman–Crippen LogP) is 1.34. The fourth-order valence-electron chi connectivity index (χ4n) is 4.82. The average Bonchev–Trinajstić information content (AvgIpc) is 3.49. The van der Waals surface area contributed by atoms with Crippen LogP contribution in [0.1, 0.15) is 37.3 Å². The number of hydrogen-bond acceptors (Lipinski definition) is 6. The third-order valence-corrected chi connectivity index (χ3v) is 6.68. The fourth-order valence-corrected chi connectivity index (χ4v) is 4.82. The molecule has 0 radical (unpaired) electrons. The first-order valence-electron chi connectivity index (χ1n) is 11.9. The van der Waals surface area contributed by atoms with Crippen molar-refractivity contribution in [3.05, 3.63) is 30.0 Å². The SMILES string of the molecule is O=C(O)CCC(=O)Nc1ccc2c(C(C(=O)O)N3CCN(CC(=O)N4CCCC4)CC3)c[nH]c2c1. The van der Waals surface area contributed by atoms with Crippen molar-refractivity contribution in [2.24, 2.45) is 0 Å². The molecule has 1 atom stereocenters. The van der Waals surface area contributed by atoms with Crippen molar-refractivity contribution in [2.75, 3.05) is 51.1 Å². The number of fused-ring (bicyclic) bond motifs is 1. The van der Waals surface area contributed by atoms with Gasteiger partial charge in [-0.2, -0.15) is 0 Å². The molecule has 0 saturated carbocycles. The summed E-state index contributed by atoms with van der Waals surface area (Å²) in [7, 11) is 0. The van der Waals surface area contributed by atoms with Crippen molar-refractivity contribution in [3.8, 4) is 0 Å². The van der Waals surface area contributed by atoms with E-state index in [0.29, 0.717) is 49.5 Å². The van der Waals surface area contributed by atoms with E-state index in [1.165, 1.54) is 0 Å². The number of amides is 2. The van der Waals surface area contributed by atoms with Gasteiger partial charge in [0.1, 0.15) is 6.04 Å². The molecule has 11 heteroatoms. The van der Waals surface area contributed by atoms with Crippen LogP contribution in [0.5, 0.6) is 0 Å². The highest BCUT2D eigenvalue weighted by atomic mass is 16.4. The first kappa shape index (κ1) is 24.7. The first-order chi connectivity index (χ1) is 16.8. The van der Waals surface area contributed by atoms with E-state index in [1.807, 2.05) is 9.80 Å². The number of nitrogens with one attached hydrogen (secondary N) is 2. The number of anilines is 1. The molecular formula is C24H31N5O6. The third-order valence-electron chi connectivity index (χ3n) is 6.68. The molecule has 2 fully saturated rings. The van der Waals surface area contributed by atoms with E-state index in [-0.39, 0.29) is 18.7 Å². The maximum Gasteiger partial charge on any atom is 0.325 e. The van der Waals surface area contributed by atoms with Gasteiger partial charge in [0.15, 0.2) is 0 Å². The van der Waals surface area contributed by atoms with Crippen LogP contribution >= 0.6 is 0 Å². The Labute approximate surface area is 202 Å². The number of carbonyl (C=O) groups is 4. The zero-order valence-corrected chi connectivity index (χ0v) is 19.5. The zero-order chi connectivity index (χ0) is 24.9. The van der Waals surface area contributed by atoms with Gasteiger partial charge in [0.25, 0.3) is 0 Å². The molecule has 3 heterocycles. The highest BCUT2D eigenvalue weighted by Gasteiger charge is 2.33. The van der Waals surface area contributed by atoms with Gasteiger partial charge in [0.05, 0.1) is 13.0 Å². The highest BCUT2D eigenvalue weighted by Crippen LogP contribution is 2.31. The number of nitrogens with zero attached hydrogens (tertiary/aromatic N) is 3. The number of benzene rings is 1. The summed E-state index contributed by atoms with van der Waals surface area (Å²) in [4.78, 5) is 56.3. The Morgan fingerprint density at radius 1 is 0.971 bits per heavy atom. The Balaban J connectivity index is 1.40. The molecule has 2 aliphatic rings. The minimum atomic E-state index is -1.04. The van der Waals surface area contributed by atoms with E-state index in [2.05, 4.69) is 15.2 Å². The van der Waals surface area contributed by atoms with Crippen molar-refractivity contribution < 1.29 is 29.4 Å². The Hall–Kier alpha value is -3.44. The summed E-state index contributed by atoms with van der Waals surface area (Å²) in [5.74, 6) is -2.24. The van der Waals surface area contributed by atoms with Crippen LogP contribution in [0.15, 0.2) is 24.4 Å². The van der Waals surface area contributed by atoms with Crippen LogP contribution in [0.2, 0.25) is 0 Å². The van der Waals surface area contributed by atoms with Gasteiger partial charge in [-0.15, -0.1) is 0 Å². The van der Waals surface area contributed by atoms with Crippen molar-refractivity contribution >= 4 is 40.3 Å². The molecule has 4 rings (SSSR count). The van der Waals surface area contributed by atoms with Crippen molar-refractivity contribution in [1.29, 1.82) is 0 Å². The number of carboxylic acids is 2. The molecule has 35 heavy (non-hydrogen) atoms. The fraction of sp³-hybridized carbons (Fsp3) is 0.500. The van der Waals surface area contributed by atoms with E-state index in [4.69, 9.17) is 5.11 Å². The highest BCUT2D eigenvalue weighted by molar-refractivity contribution is 5.96. The summed E-state index contributed by atoms with van der Waals surface area (Å²) in [5, 5.41) is 22.2. The first-order valence-corrected chi connectivity index (χ1v) is 11.9. The summed E-state index contributed by atoms with van der Waals surface area (Å²) in [6.45, 7) is 4.35. The molecule has 2 saturated heterocycles. The quantitative estimate of drug-likeness (QED) is 0.416.